The van der Waals surface area contributed by atoms with E-state index in [0.717, 1.165) is 53.9 Å². The number of benzene rings is 2. The highest BCUT2D eigenvalue weighted by atomic mass is 35.5. The molecule has 0 unspecified atom stereocenters. The third-order valence-electron chi connectivity index (χ3n) is 10.0. The summed E-state index contributed by atoms with van der Waals surface area (Å²) in [5, 5.41) is 4.19. The lowest BCUT2D eigenvalue weighted by Gasteiger charge is -2.40. The van der Waals surface area contributed by atoms with E-state index in [1.54, 1.807) is 18.0 Å². The van der Waals surface area contributed by atoms with Gasteiger partial charge in [-0.25, -0.2) is 9.78 Å². The van der Waals surface area contributed by atoms with E-state index in [2.05, 4.69) is 16.3 Å². The summed E-state index contributed by atoms with van der Waals surface area (Å²) in [6, 6.07) is 13.4. The van der Waals surface area contributed by atoms with Crippen LogP contribution in [0.15, 0.2) is 48.7 Å². The Morgan fingerprint density at radius 3 is 2.32 bits per heavy atom. The summed E-state index contributed by atoms with van der Waals surface area (Å²) in [7, 11) is 1.61. The molecule has 1 aliphatic carbocycles. The number of anilines is 1. The molecule has 3 amide bonds. The zero-order valence-electron chi connectivity index (χ0n) is 31.0. The average Bonchev–Trinajstić information content (AvgIpc) is 3.85. The lowest BCUT2D eigenvalue weighted by molar-refractivity contribution is -0.139. The molecule has 2 aliphatic heterocycles. The van der Waals surface area contributed by atoms with Gasteiger partial charge in [0, 0.05) is 62.8 Å². The number of carbonyl (C=O) groups is 3. The van der Waals surface area contributed by atoms with Gasteiger partial charge in [0.05, 0.1) is 28.9 Å². The first-order chi connectivity index (χ1) is 25.2. The Bertz CT molecular complexity index is 1810. The predicted molar refractivity (Wildman–Crippen MR) is 208 cm³/mol. The lowest BCUT2D eigenvalue weighted by Crippen LogP contribution is -2.51. The Morgan fingerprint density at radius 2 is 1.68 bits per heavy atom. The summed E-state index contributed by atoms with van der Waals surface area (Å²) in [5.41, 5.74) is 2.86. The van der Waals surface area contributed by atoms with Crippen molar-refractivity contribution in [3.05, 3.63) is 86.0 Å². The maximum absolute atomic E-state index is 14.7. The van der Waals surface area contributed by atoms with Crippen molar-refractivity contribution >= 4 is 58.5 Å². The Kier molecular flexibility index (Phi) is 12.0. The number of carbonyl (C=O) groups excluding carboxylic acids is 3. The first-order valence-electron chi connectivity index (χ1n) is 18.3. The second-order valence-corrected chi connectivity index (χ2v) is 16.6. The number of nitrogens with zero attached hydrogens (tertiary/aromatic N) is 4. The second kappa shape index (κ2) is 16.3. The van der Waals surface area contributed by atoms with Crippen LogP contribution in [0.3, 0.4) is 0 Å². The molecule has 10 nitrogen and oxygen atoms in total. The van der Waals surface area contributed by atoms with E-state index in [4.69, 9.17) is 49.3 Å². The van der Waals surface area contributed by atoms with Crippen molar-refractivity contribution in [2.45, 2.75) is 90.0 Å². The van der Waals surface area contributed by atoms with E-state index in [-0.39, 0.29) is 42.8 Å². The van der Waals surface area contributed by atoms with Crippen LogP contribution in [0, 0.1) is 12.8 Å². The van der Waals surface area contributed by atoms with Crippen LogP contribution in [-0.4, -0.2) is 83.7 Å². The van der Waals surface area contributed by atoms with Gasteiger partial charge >= 0.3 is 6.09 Å². The van der Waals surface area contributed by atoms with Crippen molar-refractivity contribution in [3.63, 3.8) is 0 Å². The molecule has 3 heterocycles. The minimum absolute atomic E-state index is 0.0319. The van der Waals surface area contributed by atoms with E-state index in [1.807, 2.05) is 69.1 Å². The van der Waals surface area contributed by atoms with E-state index < -0.39 is 17.6 Å². The molecule has 6 rings (SSSR count). The third kappa shape index (κ3) is 9.69. The molecule has 3 aliphatic rings. The fraction of sp³-hybridized carbons (Fsp3) is 0.500. The molecule has 53 heavy (non-hydrogen) atoms. The van der Waals surface area contributed by atoms with Crippen LogP contribution in [-0.2, 0) is 27.3 Å². The number of halogens is 3. The number of rotatable bonds is 10. The molecule has 0 spiro atoms. The SMILES string of the molecule is CNC(=O)Cc1ccc(Cl)c(CN(C(=O)[C@@H]2CN(C(=O)OC(C)(C)C)CC[C@H]2c2ccc(N3CC[C@H](Oc4c(Cl)cc(C)cc4Cl)C3)nc2)C2CC2)c1. The summed E-state index contributed by atoms with van der Waals surface area (Å²) in [5.74, 6) is 0.499. The largest absolute Gasteiger partial charge is 0.485 e. The molecule has 1 saturated carbocycles. The van der Waals surface area contributed by atoms with Crippen LogP contribution in [0.25, 0.3) is 0 Å². The fourth-order valence-corrected chi connectivity index (χ4v) is 8.06. The Morgan fingerprint density at radius 1 is 0.943 bits per heavy atom. The van der Waals surface area contributed by atoms with E-state index in [0.29, 0.717) is 46.9 Å². The van der Waals surface area contributed by atoms with Gasteiger partial charge in [-0.05, 0) is 93.5 Å². The first kappa shape index (κ1) is 39.0. The molecule has 0 bridgehead atoms. The molecule has 3 atom stereocenters. The van der Waals surface area contributed by atoms with Gasteiger partial charge in [0.2, 0.25) is 11.8 Å². The maximum atomic E-state index is 14.7. The highest BCUT2D eigenvalue weighted by molar-refractivity contribution is 6.37. The highest BCUT2D eigenvalue weighted by Gasteiger charge is 2.43. The van der Waals surface area contributed by atoms with Crippen LogP contribution >= 0.6 is 34.8 Å². The zero-order chi connectivity index (χ0) is 38.0. The number of pyridine rings is 1. The number of hydrogen-bond acceptors (Lipinski definition) is 7. The number of hydrogen-bond donors (Lipinski definition) is 1. The van der Waals surface area contributed by atoms with Gasteiger partial charge in [0.15, 0.2) is 5.75 Å². The molecule has 3 fully saturated rings. The van der Waals surface area contributed by atoms with Gasteiger partial charge in [-0.1, -0.05) is 53.0 Å². The Hall–Kier alpha value is -3.73. The van der Waals surface area contributed by atoms with Crippen molar-refractivity contribution < 1.29 is 23.9 Å². The smallest absolute Gasteiger partial charge is 0.410 e. The standard InChI is InChI=1S/C40H48Cl3N5O5/c1-24-16-33(42)37(34(43)17-24)52-29-12-14-46(22-29)35-11-7-26(20-45-35)30-13-15-47(39(51)53-40(2,3)4)23-31(30)38(50)48(28-8-9-28)21-27-18-25(6-10-32(27)41)19-36(49)44-5/h6-7,10-11,16-18,20,28-31H,8-9,12-15,19,21-23H2,1-5H3,(H,44,49)/t29-,30-,31+/m0/s1. The molecule has 2 aromatic carbocycles. The lowest BCUT2D eigenvalue weighted by atomic mass is 9.80. The topological polar surface area (TPSA) is 104 Å². The monoisotopic (exact) mass is 783 g/mol. The number of aryl methyl sites for hydroxylation is 1. The molecule has 1 aromatic heterocycles. The molecule has 0 radical (unpaired) electrons. The minimum Gasteiger partial charge on any atom is -0.485 e. The second-order valence-electron chi connectivity index (χ2n) is 15.4. The average molecular weight is 785 g/mol. The van der Waals surface area contributed by atoms with Crippen molar-refractivity contribution in [1.29, 1.82) is 0 Å². The van der Waals surface area contributed by atoms with Crippen LogP contribution in [0.2, 0.25) is 15.1 Å². The molecule has 2 saturated heterocycles. The minimum atomic E-state index is -0.665. The van der Waals surface area contributed by atoms with Crippen LogP contribution in [0.1, 0.15) is 74.6 Å². The van der Waals surface area contributed by atoms with Gasteiger partial charge in [-0.2, -0.15) is 0 Å². The van der Waals surface area contributed by atoms with Gasteiger partial charge in [-0.3, -0.25) is 9.59 Å². The molecule has 3 aromatic rings. The first-order valence-corrected chi connectivity index (χ1v) is 19.4. The number of ether oxygens (including phenoxy) is 2. The molecule has 13 heteroatoms. The number of nitrogens with one attached hydrogen (secondary N) is 1. The summed E-state index contributed by atoms with van der Waals surface area (Å²) in [4.78, 5) is 50.8. The number of amides is 3. The van der Waals surface area contributed by atoms with Crippen LogP contribution in [0.4, 0.5) is 10.6 Å². The fourth-order valence-electron chi connectivity index (χ4n) is 7.20. The summed E-state index contributed by atoms with van der Waals surface area (Å²) < 4.78 is 12.0. The molecule has 1 N–H and O–H groups in total. The maximum Gasteiger partial charge on any atom is 0.410 e. The van der Waals surface area contributed by atoms with Gasteiger partial charge in [0.25, 0.3) is 0 Å². The van der Waals surface area contributed by atoms with Gasteiger partial charge in [0.1, 0.15) is 17.5 Å². The Balaban J connectivity index is 1.21. The van der Waals surface area contributed by atoms with Crippen molar-refractivity contribution in [3.8, 4) is 5.75 Å². The summed E-state index contributed by atoms with van der Waals surface area (Å²) in [6.45, 7) is 9.84. The highest BCUT2D eigenvalue weighted by Crippen LogP contribution is 2.40. The zero-order valence-corrected chi connectivity index (χ0v) is 33.2. The van der Waals surface area contributed by atoms with E-state index in [1.165, 1.54) is 0 Å². The van der Waals surface area contributed by atoms with Crippen molar-refractivity contribution in [2.24, 2.45) is 5.92 Å². The summed E-state index contributed by atoms with van der Waals surface area (Å²) in [6.07, 6.45) is 4.72. The Labute approximate surface area is 327 Å². The number of likely N-dealkylation sites (N-methyl/N-ethyl adjacent to an activating group) is 1. The molecule has 284 valence electrons. The third-order valence-corrected chi connectivity index (χ3v) is 11.0. The predicted octanol–water partition coefficient (Wildman–Crippen LogP) is 7.83. The molecular weight excluding hydrogens is 737 g/mol. The van der Waals surface area contributed by atoms with E-state index in [9.17, 15) is 14.4 Å². The van der Waals surface area contributed by atoms with Crippen molar-refractivity contribution in [1.82, 2.24) is 20.1 Å². The van der Waals surface area contributed by atoms with Crippen molar-refractivity contribution in [2.75, 3.05) is 38.1 Å². The van der Waals surface area contributed by atoms with E-state index >= 15 is 0 Å². The number of piperidine rings is 1. The van der Waals surface area contributed by atoms with Gasteiger partial charge in [-0.15, -0.1) is 0 Å². The normalized spacial score (nSPS) is 20.3. The summed E-state index contributed by atoms with van der Waals surface area (Å²) >= 11 is 19.6. The number of aromatic nitrogens is 1. The number of likely N-dealkylation sites (tertiary alicyclic amines) is 1. The molecular formula is C40H48Cl3N5O5. The quantitative estimate of drug-likeness (QED) is 0.224. The van der Waals surface area contributed by atoms with Crippen LogP contribution in [0.5, 0.6) is 5.75 Å². The van der Waals surface area contributed by atoms with Gasteiger partial charge < -0.3 is 29.5 Å². The van der Waals surface area contributed by atoms with Crippen LogP contribution < -0.4 is 15.0 Å².